The van der Waals surface area contributed by atoms with Crippen molar-refractivity contribution in [2.45, 2.75) is 70.2 Å². The van der Waals surface area contributed by atoms with Gasteiger partial charge >= 0.3 is 0 Å². The molecule has 1 saturated heterocycles. The van der Waals surface area contributed by atoms with Crippen molar-refractivity contribution in [3.05, 3.63) is 82.9 Å². The summed E-state index contributed by atoms with van der Waals surface area (Å²) in [5.41, 5.74) is 7.59. The van der Waals surface area contributed by atoms with E-state index < -0.39 is 15.9 Å². The first-order valence-electron chi connectivity index (χ1n) is 14.3. The molecule has 214 valence electrons. The Kier molecular flexibility index (Phi) is 9.37. The van der Waals surface area contributed by atoms with Gasteiger partial charge in [0.1, 0.15) is 0 Å². The predicted octanol–water partition coefficient (Wildman–Crippen LogP) is 6.31. The first-order valence-corrected chi connectivity index (χ1v) is 15.7. The highest BCUT2D eigenvalue weighted by atomic mass is 32.2. The van der Waals surface area contributed by atoms with Crippen molar-refractivity contribution in [1.29, 1.82) is 0 Å². The van der Waals surface area contributed by atoms with E-state index in [2.05, 4.69) is 73.7 Å². The summed E-state index contributed by atoms with van der Waals surface area (Å²) in [6, 6.07) is 19.8. The Hall–Kier alpha value is -3.16. The van der Waals surface area contributed by atoms with Crippen molar-refractivity contribution < 1.29 is 13.2 Å². The molecular formula is C33H43N3O3S. The summed E-state index contributed by atoms with van der Waals surface area (Å²) in [6.07, 6.45) is 2.50. The minimum absolute atomic E-state index is 0.00709. The number of rotatable bonds is 10. The summed E-state index contributed by atoms with van der Waals surface area (Å²) in [6.45, 7) is 11.4. The fourth-order valence-electron chi connectivity index (χ4n) is 5.50. The average Bonchev–Trinajstić information content (AvgIpc) is 3.43. The van der Waals surface area contributed by atoms with Gasteiger partial charge in [-0.1, -0.05) is 64.1 Å². The number of amides is 1. The molecule has 1 fully saturated rings. The largest absolute Gasteiger partial charge is 0.372 e. The van der Waals surface area contributed by atoms with Gasteiger partial charge in [0, 0.05) is 25.3 Å². The van der Waals surface area contributed by atoms with Gasteiger partial charge in [0.2, 0.25) is 5.91 Å². The van der Waals surface area contributed by atoms with Crippen LogP contribution in [0.5, 0.6) is 0 Å². The second kappa shape index (κ2) is 12.6. The summed E-state index contributed by atoms with van der Waals surface area (Å²) in [5.74, 6) is -0.182. The first-order chi connectivity index (χ1) is 18.9. The molecule has 0 spiro atoms. The van der Waals surface area contributed by atoms with E-state index in [0.717, 1.165) is 46.5 Å². The van der Waals surface area contributed by atoms with Crippen LogP contribution in [0.2, 0.25) is 0 Å². The highest BCUT2D eigenvalue weighted by molar-refractivity contribution is 7.90. The molecule has 0 atom stereocenters. The van der Waals surface area contributed by atoms with Crippen LogP contribution in [0.25, 0.3) is 11.1 Å². The van der Waals surface area contributed by atoms with Crippen molar-refractivity contribution in [2.24, 2.45) is 0 Å². The summed E-state index contributed by atoms with van der Waals surface area (Å²) in [4.78, 5) is 17.7. The lowest BCUT2D eigenvalue weighted by atomic mass is 9.84. The Morgan fingerprint density at radius 1 is 0.850 bits per heavy atom. The van der Waals surface area contributed by atoms with Gasteiger partial charge in [-0.15, -0.1) is 0 Å². The average molecular weight is 562 g/mol. The van der Waals surface area contributed by atoms with Crippen molar-refractivity contribution in [2.75, 3.05) is 32.1 Å². The van der Waals surface area contributed by atoms with E-state index in [9.17, 15) is 13.2 Å². The fraction of sp³-hybridized carbons (Fsp3) is 0.424. The molecule has 3 aromatic rings. The van der Waals surface area contributed by atoms with Gasteiger partial charge in [-0.3, -0.25) is 4.79 Å². The molecule has 1 aliphatic rings. The number of sulfonamides is 1. The van der Waals surface area contributed by atoms with Gasteiger partial charge in [0.25, 0.3) is 10.0 Å². The molecule has 1 N–H and O–H groups in total. The Balaban J connectivity index is 1.59. The molecule has 0 aliphatic carbocycles. The van der Waals surface area contributed by atoms with E-state index in [1.165, 1.54) is 18.5 Å². The van der Waals surface area contributed by atoms with E-state index in [4.69, 9.17) is 0 Å². The molecule has 1 amide bonds. The molecule has 6 nitrogen and oxygen atoms in total. The summed E-state index contributed by atoms with van der Waals surface area (Å²) >= 11 is 0. The quantitative estimate of drug-likeness (QED) is 0.314. The van der Waals surface area contributed by atoms with E-state index in [1.54, 1.807) is 24.3 Å². The Bertz CT molecular complexity index is 1390. The van der Waals surface area contributed by atoms with Crippen molar-refractivity contribution in [3.63, 3.8) is 0 Å². The summed E-state index contributed by atoms with van der Waals surface area (Å²) < 4.78 is 28.4. The van der Waals surface area contributed by atoms with Crippen LogP contribution in [-0.4, -0.2) is 46.4 Å². The zero-order valence-electron chi connectivity index (χ0n) is 24.7. The van der Waals surface area contributed by atoms with Gasteiger partial charge < -0.3 is 9.80 Å². The monoisotopic (exact) mass is 561 g/mol. The maximum absolute atomic E-state index is 13.2. The van der Waals surface area contributed by atoms with Crippen LogP contribution < -0.4 is 9.62 Å². The predicted molar refractivity (Wildman–Crippen MR) is 164 cm³/mol. The van der Waals surface area contributed by atoms with Crippen LogP contribution in [-0.2, 0) is 27.8 Å². The lowest BCUT2D eigenvalue weighted by Crippen LogP contribution is -2.32. The molecule has 0 aromatic heterocycles. The van der Waals surface area contributed by atoms with E-state index in [0.29, 0.717) is 6.54 Å². The van der Waals surface area contributed by atoms with Crippen LogP contribution in [0.3, 0.4) is 0 Å². The molecule has 3 aromatic carbocycles. The highest BCUT2D eigenvalue weighted by Crippen LogP contribution is 2.35. The Labute approximate surface area is 240 Å². The molecule has 0 saturated carbocycles. The minimum atomic E-state index is -3.97. The number of nitrogens with zero attached hydrogens (tertiary/aromatic N) is 2. The second-order valence-corrected chi connectivity index (χ2v) is 13.5. The Morgan fingerprint density at radius 3 is 1.90 bits per heavy atom. The highest BCUT2D eigenvalue weighted by Gasteiger charge is 2.23. The number of hydrogen-bond acceptors (Lipinski definition) is 5. The van der Waals surface area contributed by atoms with Gasteiger partial charge in [0.05, 0.1) is 11.3 Å². The number of anilines is 1. The van der Waals surface area contributed by atoms with Crippen LogP contribution in [0.4, 0.5) is 5.69 Å². The minimum Gasteiger partial charge on any atom is -0.372 e. The number of carbonyl (C=O) groups excluding carboxylic acids is 1. The smallest absolute Gasteiger partial charge is 0.264 e. The maximum Gasteiger partial charge on any atom is 0.264 e. The third-order valence-electron chi connectivity index (χ3n) is 7.55. The van der Waals surface area contributed by atoms with E-state index in [1.807, 2.05) is 19.0 Å². The van der Waals surface area contributed by atoms with Crippen LogP contribution in [0, 0.1) is 0 Å². The van der Waals surface area contributed by atoms with Crippen molar-refractivity contribution >= 4 is 21.6 Å². The van der Waals surface area contributed by atoms with Crippen LogP contribution >= 0.6 is 0 Å². The fourth-order valence-corrected chi connectivity index (χ4v) is 6.49. The van der Waals surface area contributed by atoms with Gasteiger partial charge in [0.15, 0.2) is 0 Å². The second-order valence-electron chi connectivity index (χ2n) is 11.8. The Morgan fingerprint density at radius 2 is 1.40 bits per heavy atom. The molecule has 0 unspecified atom stereocenters. The van der Waals surface area contributed by atoms with E-state index >= 15 is 0 Å². The van der Waals surface area contributed by atoms with Gasteiger partial charge in [-0.05, 0) is 96.4 Å². The molecule has 40 heavy (non-hydrogen) atoms. The number of carbonyl (C=O) groups is 1. The first kappa shape index (κ1) is 29.8. The number of hydrogen-bond donors (Lipinski definition) is 1. The topological polar surface area (TPSA) is 69.7 Å². The number of benzene rings is 3. The standard InChI is InChI=1S/C33H43N3O3S/c1-23(2)30-19-27(26-11-13-28(14-12-26)36-17-7-8-18-36)20-31(24(3)4)32(30)21-33(37)34-40(38,39)29-15-9-25(10-16-29)22-35(5)6/h9-16,19-20,23-24H,7-8,17-18,21-22H2,1-6H3,(H,34,37). The molecule has 4 rings (SSSR count). The normalized spacial score (nSPS) is 14.0. The molecular weight excluding hydrogens is 518 g/mol. The lowest BCUT2D eigenvalue weighted by molar-refractivity contribution is -0.118. The summed E-state index contributed by atoms with van der Waals surface area (Å²) in [7, 11) is -0.0551. The molecule has 0 radical (unpaired) electrons. The SMILES string of the molecule is CC(C)c1cc(-c2ccc(N3CCCC3)cc2)cc(C(C)C)c1CC(=O)NS(=O)(=O)c1ccc(CN(C)C)cc1. The van der Waals surface area contributed by atoms with Crippen LogP contribution in [0.1, 0.15) is 74.6 Å². The zero-order valence-corrected chi connectivity index (χ0v) is 25.5. The molecule has 0 bridgehead atoms. The lowest BCUT2D eigenvalue weighted by Gasteiger charge is -2.22. The van der Waals surface area contributed by atoms with Crippen molar-refractivity contribution in [1.82, 2.24) is 9.62 Å². The van der Waals surface area contributed by atoms with E-state index in [-0.39, 0.29) is 23.2 Å². The molecule has 7 heteroatoms. The zero-order chi connectivity index (χ0) is 29.0. The molecule has 1 heterocycles. The van der Waals surface area contributed by atoms with Crippen LogP contribution in [0.15, 0.2) is 65.6 Å². The molecule has 1 aliphatic heterocycles. The van der Waals surface area contributed by atoms with Gasteiger partial charge in [-0.25, -0.2) is 13.1 Å². The number of nitrogens with one attached hydrogen (secondary N) is 1. The maximum atomic E-state index is 13.2. The third-order valence-corrected chi connectivity index (χ3v) is 8.94. The van der Waals surface area contributed by atoms with Crippen molar-refractivity contribution in [3.8, 4) is 11.1 Å². The van der Waals surface area contributed by atoms with Gasteiger partial charge in [-0.2, -0.15) is 0 Å². The summed E-state index contributed by atoms with van der Waals surface area (Å²) in [5, 5.41) is 0. The third kappa shape index (κ3) is 7.12.